The van der Waals surface area contributed by atoms with Gasteiger partial charge in [0.05, 0.1) is 17.6 Å². The Bertz CT molecular complexity index is 1140. The smallest absolute Gasteiger partial charge is 0.365 e. The van der Waals surface area contributed by atoms with Crippen molar-refractivity contribution in [3.63, 3.8) is 0 Å². The van der Waals surface area contributed by atoms with Crippen molar-refractivity contribution in [3.05, 3.63) is 58.7 Å². The second kappa shape index (κ2) is 9.17. The number of carbonyl (C=O) groups is 2. The predicted molar refractivity (Wildman–Crippen MR) is 121 cm³/mol. The van der Waals surface area contributed by atoms with E-state index in [1.807, 2.05) is 6.07 Å². The Balaban J connectivity index is 1.44. The summed E-state index contributed by atoms with van der Waals surface area (Å²) in [5, 5.41) is 2.55. The summed E-state index contributed by atoms with van der Waals surface area (Å²) in [6, 6.07) is 5.52. The minimum absolute atomic E-state index is 0.0592. The summed E-state index contributed by atoms with van der Waals surface area (Å²) < 4.78 is 39.8. The van der Waals surface area contributed by atoms with Gasteiger partial charge in [-0.05, 0) is 43.2 Å². The Morgan fingerprint density at radius 2 is 1.97 bits per heavy atom. The van der Waals surface area contributed by atoms with Gasteiger partial charge < -0.3 is 10.2 Å². The van der Waals surface area contributed by atoms with Crippen molar-refractivity contribution >= 4 is 23.0 Å². The molecule has 2 aliphatic rings. The molecular weight excluding hydrogens is 447 g/mol. The van der Waals surface area contributed by atoms with Crippen LogP contribution in [-0.2, 0) is 17.8 Å². The van der Waals surface area contributed by atoms with Crippen molar-refractivity contribution < 1.29 is 22.8 Å². The number of carbonyl (C=O) groups excluding carboxylic acids is 2. The Hall–Kier alpha value is -3.27. The van der Waals surface area contributed by atoms with Gasteiger partial charge in [-0.25, -0.2) is 4.98 Å². The fourth-order valence-corrected chi connectivity index (χ4v) is 4.70. The number of rotatable bonds is 4. The van der Waals surface area contributed by atoms with Crippen molar-refractivity contribution in [1.82, 2.24) is 20.2 Å². The maximum atomic E-state index is 13.3. The molecule has 0 aromatic carbocycles. The van der Waals surface area contributed by atoms with Gasteiger partial charge in [-0.1, -0.05) is 0 Å². The number of nitrogens with one attached hydrogen (secondary N) is 1. The van der Waals surface area contributed by atoms with Crippen LogP contribution in [0, 0.1) is 0 Å². The van der Waals surface area contributed by atoms with Gasteiger partial charge in [0.2, 0.25) is 0 Å². The highest BCUT2D eigenvalue weighted by Crippen LogP contribution is 2.38. The lowest BCUT2D eigenvalue weighted by Crippen LogP contribution is -2.51. The molecule has 1 aliphatic carbocycles. The molecule has 1 N–H and O–H groups in total. The Labute approximate surface area is 195 Å². The van der Waals surface area contributed by atoms with E-state index in [4.69, 9.17) is 0 Å². The number of alkyl halides is 3. The molecule has 1 fully saturated rings. The normalized spacial score (nSPS) is 19.3. The van der Waals surface area contributed by atoms with Gasteiger partial charge in [-0.3, -0.25) is 19.5 Å². The monoisotopic (exact) mass is 473 g/mol. The van der Waals surface area contributed by atoms with Crippen LogP contribution in [0.2, 0.25) is 0 Å². The van der Waals surface area contributed by atoms with Gasteiger partial charge in [0, 0.05) is 57.4 Å². The van der Waals surface area contributed by atoms with Crippen molar-refractivity contribution in [3.8, 4) is 0 Å². The molecule has 0 spiro atoms. The first-order chi connectivity index (χ1) is 16.1. The molecule has 0 saturated carbocycles. The maximum absolute atomic E-state index is 13.3. The highest BCUT2D eigenvalue weighted by Gasteiger charge is 2.42. The van der Waals surface area contributed by atoms with Crippen LogP contribution in [0.3, 0.4) is 0 Å². The molecule has 0 unspecified atom stereocenters. The zero-order chi connectivity index (χ0) is 24.6. The molecule has 0 radical (unpaired) electrons. The van der Waals surface area contributed by atoms with Gasteiger partial charge in [0.25, 0.3) is 5.91 Å². The number of halogens is 3. The first kappa shape index (κ1) is 23.9. The van der Waals surface area contributed by atoms with Crippen LogP contribution in [0.15, 0.2) is 36.2 Å². The summed E-state index contributed by atoms with van der Waals surface area (Å²) in [5.41, 5.74) is 1.88. The van der Waals surface area contributed by atoms with Crippen LogP contribution < -0.4 is 10.2 Å². The highest BCUT2D eigenvalue weighted by molar-refractivity contribution is 6.07. The second-order valence-corrected chi connectivity index (χ2v) is 8.69. The van der Waals surface area contributed by atoms with Crippen LogP contribution >= 0.6 is 0 Å². The van der Waals surface area contributed by atoms with E-state index < -0.39 is 17.5 Å². The Morgan fingerprint density at radius 1 is 1.21 bits per heavy atom. The number of aromatic nitrogens is 2. The third-order valence-electron chi connectivity index (χ3n) is 6.38. The summed E-state index contributed by atoms with van der Waals surface area (Å²) in [7, 11) is 1.56. The lowest BCUT2D eigenvalue weighted by Gasteiger charge is -2.41. The average molecular weight is 473 g/mol. The van der Waals surface area contributed by atoms with Crippen molar-refractivity contribution in [1.29, 1.82) is 0 Å². The molecular formula is C24H26F3N5O2. The number of hydrogen-bond acceptors (Lipinski definition) is 6. The molecule has 34 heavy (non-hydrogen) atoms. The summed E-state index contributed by atoms with van der Waals surface area (Å²) in [6.07, 6.45) is -1.77. The summed E-state index contributed by atoms with van der Waals surface area (Å²) in [5.74, 6) is -1.13. The number of pyridine rings is 2. The topological polar surface area (TPSA) is 78.4 Å². The minimum atomic E-state index is -4.66. The van der Waals surface area contributed by atoms with E-state index in [1.165, 1.54) is 13.1 Å². The van der Waals surface area contributed by atoms with E-state index in [-0.39, 0.29) is 23.9 Å². The summed E-state index contributed by atoms with van der Waals surface area (Å²) >= 11 is 0. The van der Waals surface area contributed by atoms with Gasteiger partial charge in [-0.2, -0.15) is 13.2 Å². The Kier molecular flexibility index (Phi) is 6.44. The SMILES string of the molecule is CNC(=O)c1ccc(N2CCN(Cc3cc4c(cn3)C(C)=C(C(F)(F)F)C(=O)C4)C[C@H]2C)cn1. The zero-order valence-electron chi connectivity index (χ0n) is 19.2. The fourth-order valence-electron chi connectivity index (χ4n) is 4.70. The van der Waals surface area contributed by atoms with Crippen molar-refractivity contribution in [2.45, 2.75) is 39.0 Å². The second-order valence-electron chi connectivity index (χ2n) is 8.69. The third kappa shape index (κ3) is 4.68. The molecule has 1 amide bonds. The van der Waals surface area contributed by atoms with Gasteiger partial charge in [0.15, 0.2) is 5.78 Å². The first-order valence-corrected chi connectivity index (χ1v) is 11.0. The van der Waals surface area contributed by atoms with E-state index in [1.54, 1.807) is 25.4 Å². The van der Waals surface area contributed by atoms with E-state index in [0.29, 0.717) is 23.4 Å². The molecule has 2 aromatic heterocycles. The van der Waals surface area contributed by atoms with Gasteiger partial charge in [0.1, 0.15) is 11.3 Å². The van der Waals surface area contributed by atoms with Crippen LogP contribution in [0.5, 0.6) is 0 Å². The molecule has 2 aromatic rings. The number of ketones is 1. The number of hydrogen-bond donors (Lipinski definition) is 1. The predicted octanol–water partition coefficient (Wildman–Crippen LogP) is 3.01. The largest absolute Gasteiger partial charge is 0.420 e. The number of anilines is 1. The molecule has 4 rings (SSSR count). The van der Waals surface area contributed by atoms with E-state index in [9.17, 15) is 22.8 Å². The zero-order valence-corrected chi connectivity index (χ0v) is 19.2. The van der Waals surface area contributed by atoms with Crippen LogP contribution in [0.1, 0.15) is 41.2 Å². The molecule has 1 saturated heterocycles. The molecule has 10 heteroatoms. The standard InChI is InChI=1S/C24H26F3N5O2/c1-14-12-31(6-7-32(14)18-4-5-20(30-10-18)23(34)28-3)13-17-8-16-9-21(33)22(24(25,26)27)15(2)19(16)11-29-17/h4-5,8,10-11,14H,6-7,9,12-13H2,1-3H3,(H,28,34)/t14-/m1/s1. The summed E-state index contributed by atoms with van der Waals surface area (Å²) in [4.78, 5) is 37.0. The lowest BCUT2D eigenvalue weighted by molar-refractivity contribution is -0.128. The molecule has 3 heterocycles. The Morgan fingerprint density at radius 3 is 2.59 bits per heavy atom. The van der Waals surface area contributed by atoms with Gasteiger partial charge >= 0.3 is 6.18 Å². The fraction of sp³-hybridized carbons (Fsp3) is 0.417. The quantitative estimate of drug-likeness (QED) is 0.736. The first-order valence-electron chi connectivity index (χ1n) is 11.0. The lowest BCUT2D eigenvalue weighted by atomic mass is 9.86. The highest BCUT2D eigenvalue weighted by atomic mass is 19.4. The van der Waals surface area contributed by atoms with Crippen LogP contribution in [-0.4, -0.2) is 65.5 Å². The number of fused-ring (bicyclic) bond motifs is 1. The van der Waals surface area contributed by atoms with Gasteiger partial charge in [-0.15, -0.1) is 0 Å². The number of Topliss-reactive ketones (excluding diaryl/α,β-unsaturated/α-hetero) is 1. The molecule has 180 valence electrons. The van der Waals surface area contributed by atoms with E-state index >= 15 is 0 Å². The van der Waals surface area contributed by atoms with Crippen molar-refractivity contribution in [2.75, 3.05) is 31.6 Å². The maximum Gasteiger partial charge on any atom is 0.420 e. The number of piperazine rings is 1. The average Bonchev–Trinajstić information content (AvgIpc) is 2.77. The van der Waals surface area contributed by atoms with Crippen LogP contribution in [0.4, 0.5) is 18.9 Å². The number of allylic oxidation sites excluding steroid dienone is 2. The van der Waals surface area contributed by atoms with E-state index in [2.05, 4.69) is 32.0 Å². The molecule has 1 aliphatic heterocycles. The number of amides is 1. The minimum Gasteiger partial charge on any atom is -0.365 e. The van der Waals surface area contributed by atoms with E-state index in [0.717, 1.165) is 31.0 Å². The summed E-state index contributed by atoms with van der Waals surface area (Å²) in [6.45, 7) is 6.24. The molecule has 1 atom stereocenters. The molecule has 7 nitrogen and oxygen atoms in total. The van der Waals surface area contributed by atoms with Crippen LogP contribution in [0.25, 0.3) is 5.57 Å². The third-order valence-corrected chi connectivity index (χ3v) is 6.38. The number of nitrogens with zero attached hydrogens (tertiary/aromatic N) is 4. The van der Waals surface area contributed by atoms with Crippen molar-refractivity contribution in [2.24, 2.45) is 0 Å². The molecule has 0 bridgehead atoms.